The minimum atomic E-state index is -0.533. The fourth-order valence-electron chi connectivity index (χ4n) is 2.23. The minimum absolute atomic E-state index is 0.00412. The summed E-state index contributed by atoms with van der Waals surface area (Å²) in [4.78, 5) is 35.5. The molecule has 0 aliphatic heterocycles. The Labute approximate surface area is 158 Å². The molecule has 0 saturated carbocycles. The lowest BCUT2D eigenvalue weighted by molar-refractivity contribution is -0.142. The molecule has 0 aliphatic carbocycles. The first-order chi connectivity index (χ1) is 12.9. The van der Waals surface area contributed by atoms with Crippen molar-refractivity contribution in [2.45, 2.75) is 38.3 Å². The standard InChI is InChI=1S/C18H26N4O5/c1-12(26-2)15(10-18(25)27-3)22-17(24)9-8-16(23)21-14-6-4-13(5-7-14)11-20-19/h4-7,11-12,15H,8-10,19H2,1-3H3,(H,21,23)(H,22,24). The fourth-order valence-corrected chi connectivity index (χ4v) is 2.23. The van der Waals surface area contributed by atoms with E-state index in [1.54, 1.807) is 31.2 Å². The molecule has 148 valence electrons. The monoisotopic (exact) mass is 378 g/mol. The van der Waals surface area contributed by atoms with Gasteiger partial charge in [0.05, 0.1) is 31.9 Å². The lowest BCUT2D eigenvalue weighted by Gasteiger charge is -2.23. The fraction of sp³-hybridized carbons (Fsp3) is 0.444. The Balaban J connectivity index is 2.48. The number of amides is 2. The summed E-state index contributed by atoms with van der Waals surface area (Å²) in [7, 11) is 2.76. The summed E-state index contributed by atoms with van der Waals surface area (Å²) in [5.74, 6) is 3.97. The Bertz CT molecular complexity index is 660. The number of hydrazone groups is 1. The predicted molar refractivity (Wildman–Crippen MR) is 101 cm³/mol. The lowest BCUT2D eigenvalue weighted by atomic mass is 10.1. The van der Waals surface area contributed by atoms with Crippen LogP contribution in [0.2, 0.25) is 0 Å². The Morgan fingerprint density at radius 3 is 2.33 bits per heavy atom. The highest BCUT2D eigenvalue weighted by atomic mass is 16.5. The molecule has 0 radical (unpaired) electrons. The Morgan fingerprint density at radius 2 is 1.78 bits per heavy atom. The number of nitrogens with zero attached hydrogens (tertiary/aromatic N) is 1. The van der Waals surface area contributed by atoms with Crippen LogP contribution in [0.1, 0.15) is 31.7 Å². The SMILES string of the molecule is COC(=O)CC(NC(=O)CCC(=O)Nc1ccc(C=NN)cc1)C(C)OC. The van der Waals surface area contributed by atoms with E-state index in [4.69, 9.17) is 10.6 Å². The third kappa shape index (κ3) is 8.32. The third-order valence-electron chi connectivity index (χ3n) is 3.90. The van der Waals surface area contributed by atoms with Gasteiger partial charge in [-0.25, -0.2) is 0 Å². The highest BCUT2D eigenvalue weighted by molar-refractivity contribution is 5.93. The third-order valence-corrected chi connectivity index (χ3v) is 3.90. The number of esters is 1. The van der Waals surface area contributed by atoms with Crippen molar-refractivity contribution in [1.82, 2.24) is 5.32 Å². The van der Waals surface area contributed by atoms with E-state index in [1.165, 1.54) is 20.4 Å². The molecule has 2 atom stereocenters. The van der Waals surface area contributed by atoms with Crippen LogP contribution in [-0.2, 0) is 23.9 Å². The van der Waals surface area contributed by atoms with Gasteiger partial charge in [0.2, 0.25) is 11.8 Å². The van der Waals surface area contributed by atoms with Crippen LogP contribution in [0.15, 0.2) is 29.4 Å². The van der Waals surface area contributed by atoms with Crippen LogP contribution in [0.25, 0.3) is 0 Å². The normalized spacial score (nSPS) is 13.0. The van der Waals surface area contributed by atoms with Gasteiger partial charge >= 0.3 is 5.97 Å². The Kier molecular flexibility index (Phi) is 9.52. The molecule has 0 heterocycles. The first-order valence-corrected chi connectivity index (χ1v) is 8.41. The molecule has 0 bridgehead atoms. The van der Waals surface area contributed by atoms with Gasteiger partial charge in [-0.2, -0.15) is 5.10 Å². The zero-order chi connectivity index (χ0) is 20.2. The zero-order valence-electron chi connectivity index (χ0n) is 15.7. The van der Waals surface area contributed by atoms with Gasteiger partial charge in [-0.15, -0.1) is 0 Å². The van der Waals surface area contributed by atoms with Gasteiger partial charge in [0.1, 0.15) is 0 Å². The number of nitrogens with two attached hydrogens (primary N) is 1. The highest BCUT2D eigenvalue weighted by Crippen LogP contribution is 2.10. The molecule has 1 aromatic rings. The summed E-state index contributed by atoms with van der Waals surface area (Å²) >= 11 is 0. The average Bonchev–Trinajstić information content (AvgIpc) is 2.66. The second-order valence-corrected chi connectivity index (χ2v) is 5.84. The molecule has 27 heavy (non-hydrogen) atoms. The molecule has 2 unspecified atom stereocenters. The molecule has 9 heteroatoms. The Hall–Kier alpha value is -2.94. The first kappa shape index (κ1) is 22.1. The number of nitrogens with one attached hydrogen (secondary N) is 2. The van der Waals surface area contributed by atoms with E-state index in [-0.39, 0.29) is 37.2 Å². The van der Waals surface area contributed by atoms with E-state index >= 15 is 0 Å². The number of hydrogen-bond donors (Lipinski definition) is 3. The maximum absolute atomic E-state index is 12.1. The molecule has 9 nitrogen and oxygen atoms in total. The topological polar surface area (TPSA) is 132 Å². The Morgan fingerprint density at radius 1 is 1.15 bits per heavy atom. The smallest absolute Gasteiger partial charge is 0.307 e. The van der Waals surface area contributed by atoms with E-state index in [1.807, 2.05) is 0 Å². The van der Waals surface area contributed by atoms with Gasteiger partial charge in [-0.05, 0) is 24.6 Å². The summed E-state index contributed by atoms with van der Waals surface area (Å²) in [6.07, 6.45) is 1.09. The molecule has 1 rings (SSSR count). The van der Waals surface area contributed by atoms with Crippen molar-refractivity contribution in [3.63, 3.8) is 0 Å². The van der Waals surface area contributed by atoms with E-state index in [0.717, 1.165) is 5.56 Å². The molecule has 1 aromatic carbocycles. The van der Waals surface area contributed by atoms with Gasteiger partial charge in [0.25, 0.3) is 0 Å². The van der Waals surface area contributed by atoms with Gasteiger partial charge in [0, 0.05) is 25.6 Å². The lowest BCUT2D eigenvalue weighted by Crippen LogP contribution is -2.44. The summed E-state index contributed by atoms with van der Waals surface area (Å²) in [5, 5.41) is 8.82. The maximum Gasteiger partial charge on any atom is 0.307 e. The predicted octanol–water partition coefficient (Wildman–Crippen LogP) is 0.781. The van der Waals surface area contributed by atoms with E-state index in [2.05, 4.69) is 20.5 Å². The van der Waals surface area contributed by atoms with Crippen molar-refractivity contribution in [2.24, 2.45) is 10.9 Å². The van der Waals surface area contributed by atoms with Gasteiger partial charge in [-0.1, -0.05) is 12.1 Å². The molecule has 0 aromatic heterocycles. The first-order valence-electron chi connectivity index (χ1n) is 8.41. The van der Waals surface area contributed by atoms with Crippen molar-refractivity contribution in [3.8, 4) is 0 Å². The minimum Gasteiger partial charge on any atom is -0.469 e. The molecule has 2 amide bonds. The van der Waals surface area contributed by atoms with Crippen LogP contribution in [0, 0.1) is 0 Å². The average molecular weight is 378 g/mol. The van der Waals surface area contributed by atoms with Gasteiger partial charge in [0.15, 0.2) is 0 Å². The van der Waals surface area contributed by atoms with Crippen molar-refractivity contribution in [1.29, 1.82) is 0 Å². The summed E-state index contributed by atoms with van der Waals surface area (Å²) in [6.45, 7) is 1.74. The molecule has 0 saturated heterocycles. The largest absolute Gasteiger partial charge is 0.469 e. The van der Waals surface area contributed by atoms with E-state index in [9.17, 15) is 14.4 Å². The van der Waals surface area contributed by atoms with E-state index in [0.29, 0.717) is 5.69 Å². The van der Waals surface area contributed by atoms with Crippen LogP contribution < -0.4 is 16.5 Å². The van der Waals surface area contributed by atoms with Crippen LogP contribution in [0.4, 0.5) is 5.69 Å². The second-order valence-electron chi connectivity index (χ2n) is 5.84. The number of anilines is 1. The maximum atomic E-state index is 12.1. The van der Waals surface area contributed by atoms with Crippen molar-refractivity contribution in [3.05, 3.63) is 29.8 Å². The van der Waals surface area contributed by atoms with Crippen LogP contribution >= 0.6 is 0 Å². The van der Waals surface area contributed by atoms with Crippen LogP contribution in [0.5, 0.6) is 0 Å². The van der Waals surface area contributed by atoms with E-state index < -0.39 is 12.0 Å². The molecule has 4 N–H and O–H groups in total. The van der Waals surface area contributed by atoms with Crippen molar-refractivity contribution >= 4 is 29.7 Å². The summed E-state index contributed by atoms with van der Waals surface area (Å²) in [6, 6.07) is 6.39. The van der Waals surface area contributed by atoms with Crippen molar-refractivity contribution in [2.75, 3.05) is 19.5 Å². The summed E-state index contributed by atoms with van der Waals surface area (Å²) < 4.78 is 9.79. The second kappa shape index (κ2) is 11.6. The zero-order valence-corrected chi connectivity index (χ0v) is 15.7. The van der Waals surface area contributed by atoms with Gasteiger partial charge in [-0.3, -0.25) is 14.4 Å². The molecule has 0 aliphatic rings. The quantitative estimate of drug-likeness (QED) is 0.239. The van der Waals surface area contributed by atoms with Crippen LogP contribution in [0.3, 0.4) is 0 Å². The number of ether oxygens (including phenoxy) is 2. The number of benzene rings is 1. The van der Waals surface area contributed by atoms with Gasteiger partial charge < -0.3 is 25.9 Å². The van der Waals surface area contributed by atoms with Crippen LogP contribution in [-0.4, -0.2) is 50.4 Å². The molecule has 0 spiro atoms. The molecular formula is C18H26N4O5. The number of carbonyl (C=O) groups excluding carboxylic acids is 3. The number of hydrogen-bond acceptors (Lipinski definition) is 7. The number of carbonyl (C=O) groups is 3. The highest BCUT2D eigenvalue weighted by Gasteiger charge is 2.23. The molecular weight excluding hydrogens is 352 g/mol. The summed E-state index contributed by atoms with van der Waals surface area (Å²) in [5.41, 5.74) is 1.41. The number of rotatable bonds is 10. The molecule has 0 fully saturated rings. The van der Waals surface area contributed by atoms with Crippen molar-refractivity contribution < 1.29 is 23.9 Å². The number of methoxy groups -OCH3 is 2.